The number of aliphatic hydroxyl groups excluding tert-OH is 1. The predicted octanol–water partition coefficient (Wildman–Crippen LogP) is 2.96. The Labute approximate surface area is 104 Å². The fourth-order valence-electron chi connectivity index (χ4n) is 2.05. The van der Waals surface area contributed by atoms with Crippen molar-refractivity contribution in [3.05, 3.63) is 23.2 Å². The Morgan fingerprint density at radius 1 is 1.35 bits per heavy atom. The first-order valence-electron chi connectivity index (χ1n) is 6.45. The molecule has 98 valence electrons. The molecule has 0 saturated heterocycles. The molecule has 2 N–H and O–H groups in total. The van der Waals surface area contributed by atoms with Crippen LogP contribution in [0.5, 0.6) is 0 Å². The maximum atomic E-state index is 8.93. The van der Waals surface area contributed by atoms with Gasteiger partial charge in [-0.3, -0.25) is 0 Å². The first kappa shape index (κ1) is 14.3. The lowest BCUT2D eigenvalue weighted by atomic mass is 10.1. The molecule has 1 heterocycles. The molecule has 0 spiro atoms. The molecule has 17 heavy (non-hydrogen) atoms. The molecule has 1 rings (SSSR count). The molecular weight excluding hydrogens is 214 g/mol. The molecular formula is C14H25NO2. The van der Waals surface area contributed by atoms with Crippen molar-refractivity contribution in [3.8, 4) is 0 Å². The molecule has 0 bridgehead atoms. The Bertz CT molecular complexity index is 333. The smallest absolute Gasteiger partial charge is 0.105 e. The molecule has 0 aromatic carbocycles. The van der Waals surface area contributed by atoms with Crippen LogP contribution >= 0.6 is 0 Å². The van der Waals surface area contributed by atoms with Crippen molar-refractivity contribution >= 4 is 0 Å². The summed E-state index contributed by atoms with van der Waals surface area (Å²) in [6.45, 7) is 9.49. The third kappa shape index (κ3) is 4.52. The van der Waals surface area contributed by atoms with Gasteiger partial charge >= 0.3 is 0 Å². The maximum Gasteiger partial charge on any atom is 0.105 e. The Morgan fingerprint density at radius 2 is 2.06 bits per heavy atom. The number of aliphatic hydroxyl groups is 1. The van der Waals surface area contributed by atoms with E-state index in [2.05, 4.69) is 25.2 Å². The van der Waals surface area contributed by atoms with E-state index in [4.69, 9.17) is 9.52 Å². The van der Waals surface area contributed by atoms with Crippen LogP contribution in [0.25, 0.3) is 0 Å². The second-order valence-electron chi connectivity index (χ2n) is 4.97. The third-order valence-electron chi connectivity index (χ3n) is 3.18. The molecule has 0 aliphatic carbocycles. The summed E-state index contributed by atoms with van der Waals surface area (Å²) in [4.78, 5) is 0. The molecule has 3 heteroatoms. The van der Waals surface area contributed by atoms with Crippen LogP contribution in [0.15, 0.2) is 10.5 Å². The quantitative estimate of drug-likeness (QED) is 0.719. The summed E-state index contributed by atoms with van der Waals surface area (Å²) >= 11 is 0. The highest BCUT2D eigenvalue weighted by atomic mass is 16.3. The summed E-state index contributed by atoms with van der Waals surface area (Å²) in [5.74, 6) is 2.39. The number of hydrogen-bond acceptors (Lipinski definition) is 3. The molecule has 0 aliphatic heterocycles. The molecule has 0 fully saturated rings. The molecule has 0 saturated carbocycles. The molecule has 3 nitrogen and oxygen atoms in total. The van der Waals surface area contributed by atoms with Gasteiger partial charge in [0, 0.05) is 18.2 Å². The summed E-state index contributed by atoms with van der Waals surface area (Å²) in [5, 5.41) is 12.4. The van der Waals surface area contributed by atoms with Crippen molar-refractivity contribution in [1.29, 1.82) is 0 Å². The van der Waals surface area contributed by atoms with E-state index in [1.54, 1.807) is 0 Å². The van der Waals surface area contributed by atoms with E-state index in [1.165, 1.54) is 5.56 Å². The lowest BCUT2D eigenvalue weighted by Gasteiger charge is -2.14. The van der Waals surface area contributed by atoms with Gasteiger partial charge in [0.05, 0.1) is 0 Å². The van der Waals surface area contributed by atoms with Crippen LogP contribution in [0.1, 0.15) is 49.8 Å². The zero-order valence-electron chi connectivity index (χ0n) is 11.4. The standard InChI is InChI=1S/C14H25NO2/c1-10(9-16)6-5-7-15-12(3)14-8-11(2)17-13(14)4/h8,10,12,15-16H,5-7,9H2,1-4H3. The van der Waals surface area contributed by atoms with Crippen LogP contribution in [0.3, 0.4) is 0 Å². The number of furan rings is 1. The van der Waals surface area contributed by atoms with E-state index < -0.39 is 0 Å². The van der Waals surface area contributed by atoms with E-state index in [1.807, 2.05) is 13.8 Å². The van der Waals surface area contributed by atoms with Crippen molar-refractivity contribution < 1.29 is 9.52 Å². The third-order valence-corrected chi connectivity index (χ3v) is 3.18. The van der Waals surface area contributed by atoms with Crippen LogP contribution < -0.4 is 5.32 Å². The van der Waals surface area contributed by atoms with E-state index in [-0.39, 0.29) is 6.61 Å². The van der Waals surface area contributed by atoms with Crippen molar-refractivity contribution in [2.24, 2.45) is 5.92 Å². The summed E-state index contributed by atoms with van der Waals surface area (Å²) in [6.07, 6.45) is 2.17. The van der Waals surface area contributed by atoms with E-state index >= 15 is 0 Å². The van der Waals surface area contributed by atoms with Crippen LogP contribution in [-0.2, 0) is 0 Å². The highest BCUT2D eigenvalue weighted by Gasteiger charge is 2.11. The Morgan fingerprint density at radius 3 is 2.59 bits per heavy atom. The Balaban J connectivity index is 2.30. The Kier molecular flexibility index (Phi) is 5.72. The number of rotatable bonds is 7. The average molecular weight is 239 g/mol. The zero-order valence-corrected chi connectivity index (χ0v) is 11.4. The van der Waals surface area contributed by atoms with Gasteiger partial charge in [-0.1, -0.05) is 6.92 Å². The predicted molar refractivity (Wildman–Crippen MR) is 70.1 cm³/mol. The first-order chi connectivity index (χ1) is 8.04. The van der Waals surface area contributed by atoms with Crippen molar-refractivity contribution in [3.63, 3.8) is 0 Å². The first-order valence-corrected chi connectivity index (χ1v) is 6.45. The van der Waals surface area contributed by atoms with Crippen molar-refractivity contribution in [2.75, 3.05) is 13.2 Å². The number of aryl methyl sites for hydroxylation is 2. The van der Waals surface area contributed by atoms with Crippen LogP contribution in [0.4, 0.5) is 0 Å². The Hall–Kier alpha value is -0.800. The number of hydrogen-bond donors (Lipinski definition) is 2. The highest BCUT2D eigenvalue weighted by Crippen LogP contribution is 2.21. The molecule has 1 aromatic heterocycles. The molecule has 2 atom stereocenters. The van der Waals surface area contributed by atoms with Crippen LogP contribution in [-0.4, -0.2) is 18.3 Å². The van der Waals surface area contributed by atoms with Gasteiger partial charge in [-0.05, 0) is 52.1 Å². The minimum atomic E-state index is 0.287. The summed E-state index contributed by atoms with van der Waals surface area (Å²) in [5.41, 5.74) is 1.25. The zero-order chi connectivity index (χ0) is 12.8. The minimum Gasteiger partial charge on any atom is -0.466 e. The van der Waals surface area contributed by atoms with Crippen LogP contribution in [0, 0.1) is 19.8 Å². The fourth-order valence-corrected chi connectivity index (χ4v) is 2.05. The number of nitrogens with one attached hydrogen (secondary N) is 1. The van der Waals surface area contributed by atoms with Gasteiger partial charge in [-0.25, -0.2) is 0 Å². The fraction of sp³-hybridized carbons (Fsp3) is 0.714. The SMILES string of the molecule is Cc1cc(C(C)NCCCC(C)CO)c(C)o1. The van der Waals surface area contributed by atoms with Crippen molar-refractivity contribution in [1.82, 2.24) is 5.32 Å². The summed E-state index contributed by atoms with van der Waals surface area (Å²) in [6, 6.07) is 2.43. The normalized spacial score (nSPS) is 14.9. The molecule has 1 aromatic rings. The molecule has 2 unspecified atom stereocenters. The average Bonchev–Trinajstić information content (AvgIpc) is 2.63. The lowest BCUT2D eigenvalue weighted by Crippen LogP contribution is -2.20. The molecule has 0 aliphatic rings. The van der Waals surface area contributed by atoms with E-state index in [0.717, 1.165) is 30.9 Å². The van der Waals surface area contributed by atoms with Gasteiger partial charge in [0.15, 0.2) is 0 Å². The summed E-state index contributed by atoms with van der Waals surface area (Å²) < 4.78 is 5.52. The van der Waals surface area contributed by atoms with Gasteiger partial charge < -0.3 is 14.8 Å². The molecule has 0 radical (unpaired) electrons. The van der Waals surface area contributed by atoms with Gasteiger partial charge in [0.1, 0.15) is 11.5 Å². The highest BCUT2D eigenvalue weighted by molar-refractivity contribution is 5.23. The molecule has 0 amide bonds. The van der Waals surface area contributed by atoms with Gasteiger partial charge in [0.25, 0.3) is 0 Å². The second-order valence-corrected chi connectivity index (χ2v) is 4.97. The summed E-state index contributed by atoms with van der Waals surface area (Å²) in [7, 11) is 0. The largest absolute Gasteiger partial charge is 0.466 e. The van der Waals surface area contributed by atoms with Gasteiger partial charge in [-0.15, -0.1) is 0 Å². The van der Waals surface area contributed by atoms with Gasteiger partial charge in [0.2, 0.25) is 0 Å². The topological polar surface area (TPSA) is 45.4 Å². The second kappa shape index (κ2) is 6.82. The lowest BCUT2D eigenvalue weighted by molar-refractivity contribution is 0.227. The van der Waals surface area contributed by atoms with Gasteiger partial charge in [-0.2, -0.15) is 0 Å². The minimum absolute atomic E-state index is 0.287. The monoisotopic (exact) mass is 239 g/mol. The van der Waals surface area contributed by atoms with E-state index in [9.17, 15) is 0 Å². The maximum absolute atomic E-state index is 8.93. The van der Waals surface area contributed by atoms with E-state index in [0.29, 0.717) is 12.0 Å². The van der Waals surface area contributed by atoms with Crippen molar-refractivity contribution in [2.45, 2.75) is 46.6 Å². The van der Waals surface area contributed by atoms with Crippen LogP contribution in [0.2, 0.25) is 0 Å².